The predicted molar refractivity (Wildman–Crippen MR) is 70.6 cm³/mol. The van der Waals surface area contributed by atoms with Crippen LogP contribution in [0.1, 0.15) is 34.1 Å². The first kappa shape index (κ1) is 15.2. The first-order valence-electron chi connectivity index (χ1n) is 6.54. The zero-order chi connectivity index (χ0) is 13.8. The summed E-state index contributed by atoms with van der Waals surface area (Å²) in [6, 6.07) is 0.0143. The smallest absolute Gasteiger partial charge is 0.315 e. The number of amides is 2. The summed E-state index contributed by atoms with van der Waals surface area (Å²) < 4.78 is 10.7. The molecule has 0 aromatic rings. The fourth-order valence-corrected chi connectivity index (χ4v) is 2.31. The van der Waals surface area contributed by atoms with Gasteiger partial charge in [-0.3, -0.25) is 0 Å². The van der Waals surface area contributed by atoms with Crippen LogP contribution >= 0.6 is 0 Å². The largest absolute Gasteiger partial charge is 0.380 e. The van der Waals surface area contributed by atoms with Gasteiger partial charge in [-0.15, -0.1) is 0 Å². The first-order chi connectivity index (χ1) is 8.37. The average molecular weight is 258 g/mol. The number of nitrogens with one attached hydrogen (secondary N) is 2. The Balaban J connectivity index is 2.30. The Hall–Kier alpha value is -0.810. The van der Waals surface area contributed by atoms with Crippen molar-refractivity contribution < 1.29 is 14.3 Å². The van der Waals surface area contributed by atoms with Crippen LogP contribution in [0.5, 0.6) is 0 Å². The van der Waals surface area contributed by atoms with E-state index in [0.29, 0.717) is 19.8 Å². The molecule has 1 aliphatic rings. The van der Waals surface area contributed by atoms with Crippen molar-refractivity contribution >= 4 is 6.03 Å². The van der Waals surface area contributed by atoms with Crippen molar-refractivity contribution in [2.75, 3.05) is 26.9 Å². The van der Waals surface area contributed by atoms with Gasteiger partial charge in [-0.2, -0.15) is 0 Å². The molecule has 1 fully saturated rings. The van der Waals surface area contributed by atoms with Gasteiger partial charge in [0.1, 0.15) is 0 Å². The third kappa shape index (κ3) is 2.95. The van der Waals surface area contributed by atoms with Gasteiger partial charge in [0, 0.05) is 31.7 Å². The third-order valence-corrected chi connectivity index (χ3v) is 4.32. The van der Waals surface area contributed by atoms with Crippen LogP contribution in [-0.4, -0.2) is 44.5 Å². The number of methoxy groups -OCH3 is 1. The van der Waals surface area contributed by atoms with Gasteiger partial charge in [-0.1, -0.05) is 13.8 Å². The summed E-state index contributed by atoms with van der Waals surface area (Å²) in [5, 5.41) is 5.77. The molecule has 0 aliphatic heterocycles. The van der Waals surface area contributed by atoms with E-state index in [1.165, 1.54) is 0 Å². The lowest BCUT2D eigenvalue weighted by Crippen LogP contribution is -2.69. The van der Waals surface area contributed by atoms with E-state index in [2.05, 4.69) is 31.4 Å². The quantitative estimate of drug-likeness (QED) is 0.710. The fraction of sp³-hybridized carbons (Fsp3) is 0.923. The minimum atomic E-state index is -0.156. The molecule has 0 spiro atoms. The van der Waals surface area contributed by atoms with Crippen LogP contribution in [0.15, 0.2) is 0 Å². The Kier molecular flexibility index (Phi) is 4.99. The van der Waals surface area contributed by atoms with E-state index in [-0.39, 0.29) is 23.1 Å². The molecule has 0 saturated heterocycles. The summed E-state index contributed by atoms with van der Waals surface area (Å²) in [5.41, 5.74) is -0.213. The molecule has 1 rings (SSSR count). The van der Waals surface area contributed by atoms with Crippen molar-refractivity contribution in [3.8, 4) is 0 Å². The average Bonchev–Trinajstić information content (AvgIpc) is 2.33. The van der Waals surface area contributed by atoms with Crippen molar-refractivity contribution in [3.63, 3.8) is 0 Å². The third-order valence-electron chi connectivity index (χ3n) is 4.32. The van der Waals surface area contributed by atoms with E-state index in [9.17, 15) is 4.79 Å². The zero-order valence-electron chi connectivity index (χ0n) is 12.1. The predicted octanol–water partition coefficient (Wildman–Crippen LogP) is 1.53. The van der Waals surface area contributed by atoms with Crippen molar-refractivity contribution in [2.45, 2.75) is 45.8 Å². The van der Waals surface area contributed by atoms with Crippen molar-refractivity contribution in [1.29, 1.82) is 0 Å². The number of urea groups is 1. The molecule has 0 aromatic carbocycles. The summed E-state index contributed by atoms with van der Waals surface area (Å²) in [6.45, 7) is 10.0. The Labute approximate surface area is 110 Å². The second kappa shape index (κ2) is 5.89. The van der Waals surface area contributed by atoms with Crippen molar-refractivity contribution in [3.05, 3.63) is 0 Å². The number of ether oxygens (including phenoxy) is 2. The Morgan fingerprint density at radius 1 is 1.39 bits per heavy atom. The Bertz CT molecular complexity index is 294. The van der Waals surface area contributed by atoms with Gasteiger partial charge in [0.15, 0.2) is 0 Å². The summed E-state index contributed by atoms with van der Waals surface area (Å²) in [4.78, 5) is 11.7. The lowest BCUT2D eigenvalue weighted by Gasteiger charge is -2.59. The monoisotopic (exact) mass is 258 g/mol. The van der Waals surface area contributed by atoms with Gasteiger partial charge in [-0.25, -0.2) is 4.79 Å². The standard InChI is InChI=1S/C13H26N2O3/c1-6-18-8-7-14-11(16)15-10-9-13(4,17-5)12(10,2)3/h10H,6-9H2,1-5H3,(H2,14,15,16)/t10-,13-/m1/s1. The van der Waals surface area contributed by atoms with Crippen LogP contribution < -0.4 is 10.6 Å². The van der Waals surface area contributed by atoms with Gasteiger partial charge in [0.25, 0.3) is 0 Å². The molecule has 0 bridgehead atoms. The molecular formula is C13H26N2O3. The summed E-state index contributed by atoms with van der Waals surface area (Å²) >= 11 is 0. The van der Waals surface area contributed by atoms with Gasteiger partial charge in [0.2, 0.25) is 0 Å². The second-order valence-electron chi connectivity index (χ2n) is 5.51. The molecule has 2 N–H and O–H groups in total. The SMILES string of the molecule is CCOCCNC(=O)N[C@@H]1C[C@@](C)(OC)C1(C)C. The van der Waals surface area contributed by atoms with E-state index in [1.807, 2.05) is 6.92 Å². The number of carbonyl (C=O) groups excluding carboxylic acids is 1. The first-order valence-corrected chi connectivity index (χ1v) is 6.54. The van der Waals surface area contributed by atoms with E-state index >= 15 is 0 Å². The van der Waals surface area contributed by atoms with Crippen molar-refractivity contribution in [2.24, 2.45) is 5.41 Å². The van der Waals surface area contributed by atoms with Crippen LogP contribution in [0.2, 0.25) is 0 Å². The molecule has 1 aliphatic carbocycles. The number of rotatable bonds is 6. The molecule has 2 amide bonds. The highest BCUT2D eigenvalue weighted by Crippen LogP contribution is 2.51. The van der Waals surface area contributed by atoms with Crippen molar-refractivity contribution in [1.82, 2.24) is 10.6 Å². The molecule has 1 saturated carbocycles. The number of carbonyl (C=O) groups is 1. The second-order valence-corrected chi connectivity index (χ2v) is 5.51. The highest BCUT2D eigenvalue weighted by Gasteiger charge is 2.58. The zero-order valence-corrected chi connectivity index (χ0v) is 12.1. The molecular weight excluding hydrogens is 232 g/mol. The molecule has 0 heterocycles. The van der Waals surface area contributed by atoms with Gasteiger partial charge in [-0.05, 0) is 20.3 Å². The number of hydrogen-bond donors (Lipinski definition) is 2. The fourth-order valence-electron chi connectivity index (χ4n) is 2.31. The minimum absolute atomic E-state index is 0.0565. The molecule has 106 valence electrons. The number of hydrogen-bond acceptors (Lipinski definition) is 3. The van der Waals surface area contributed by atoms with Crippen LogP contribution in [0.4, 0.5) is 4.79 Å². The highest BCUT2D eigenvalue weighted by molar-refractivity contribution is 5.74. The minimum Gasteiger partial charge on any atom is -0.380 e. The van der Waals surface area contributed by atoms with Gasteiger partial charge < -0.3 is 20.1 Å². The van der Waals surface area contributed by atoms with E-state index in [4.69, 9.17) is 9.47 Å². The Morgan fingerprint density at radius 3 is 2.56 bits per heavy atom. The molecule has 0 radical (unpaired) electrons. The maximum atomic E-state index is 11.7. The van der Waals surface area contributed by atoms with Crippen LogP contribution in [0.3, 0.4) is 0 Å². The van der Waals surface area contributed by atoms with Gasteiger partial charge in [0.05, 0.1) is 12.2 Å². The van der Waals surface area contributed by atoms with Gasteiger partial charge >= 0.3 is 6.03 Å². The normalized spacial score (nSPS) is 29.5. The van der Waals surface area contributed by atoms with Crippen LogP contribution in [0.25, 0.3) is 0 Å². The topological polar surface area (TPSA) is 59.6 Å². The highest BCUT2D eigenvalue weighted by atomic mass is 16.5. The molecule has 0 aromatic heterocycles. The van der Waals surface area contributed by atoms with Crippen LogP contribution in [-0.2, 0) is 9.47 Å². The molecule has 5 nitrogen and oxygen atoms in total. The lowest BCUT2D eigenvalue weighted by molar-refractivity contribution is -0.177. The summed E-state index contributed by atoms with van der Waals surface area (Å²) in [6.07, 6.45) is 0.843. The maximum absolute atomic E-state index is 11.7. The molecule has 0 unspecified atom stereocenters. The maximum Gasteiger partial charge on any atom is 0.315 e. The van der Waals surface area contributed by atoms with E-state index in [0.717, 1.165) is 6.42 Å². The summed E-state index contributed by atoms with van der Waals surface area (Å²) in [7, 11) is 1.72. The summed E-state index contributed by atoms with van der Waals surface area (Å²) in [5.74, 6) is 0. The van der Waals surface area contributed by atoms with Crippen LogP contribution in [0, 0.1) is 5.41 Å². The molecule has 2 atom stereocenters. The van der Waals surface area contributed by atoms with E-state index in [1.54, 1.807) is 7.11 Å². The molecule has 5 heteroatoms. The molecule has 18 heavy (non-hydrogen) atoms. The lowest BCUT2D eigenvalue weighted by atomic mass is 9.56. The van der Waals surface area contributed by atoms with E-state index < -0.39 is 0 Å². The Morgan fingerprint density at radius 2 is 2.06 bits per heavy atom.